The van der Waals surface area contributed by atoms with Crippen LogP contribution in [0.2, 0.25) is 0 Å². The highest BCUT2D eigenvalue weighted by Gasteiger charge is 1.85. The summed E-state index contributed by atoms with van der Waals surface area (Å²) >= 11 is 0. The monoisotopic (exact) mass is 293 g/mol. The van der Waals surface area contributed by atoms with E-state index in [-0.39, 0.29) is 0 Å². The summed E-state index contributed by atoms with van der Waals surface area (Å²) in [6.07, 6.45) is 0. The third-order valence-corrected chi connectivity index (χ3v) is 0. The fraction of sp³-hybridized carbons (Fsp3) is 0. The Balaban J connectivity index is -0.000000144. The van der Waals surface area contributed by atoms with E-state index >= 15 is 0 Å². The molecule has 0 unspecified atom stereocenters. The first-order chi connectivity index (χ1) is 6.00. The highest BCUT2D eigenvalue weighted by Crippen LogP contribution is 1.59. The molecule has 0 saturated heterocycles. The average molecular weight is 293 g/mol. The molecule has 0 radical (unpaired) electrons. The fourth-order valence-electron chi connectivity index (χ4n) is 0. The van der Waals surface area contributed by atoms with Crippen molar-refractivity contribution in [3.8, 4) is 0 Å². The molecular weight excluding hydrogens is 286 g/mol. The molecule has 15 heteroatoms. The molecule has 0 aromatic carbocycles. The summed E-state index contributed by atoms with van der Waals surface area (Å²) in [4.78, 5) is 0. The van der Waals surface area contributed by atoms with Crippen LogP contribution in [0.3, 0.4) is 0 Å². The lowest BCUT2D eigenvalue weighted by Gasteiger charge is -1.70. The van der Waals surface area contributed by atoms with Crippen molar-refractivity contribution < 1.29 is 48.0 Å². The van der Waals surface area contributed by atoms with Crippen molar-refractivity contribution in [3.05, 3.63) is 0 Å². The highest BCUT2D eigenvalue weighted by atomic mass is 32.3. The predicted molar refractivity (Wildman–Crippen MR) is 44.1 cm³/mol. The van der Waals surface area contributed by atoms with Gasteiger partial charge >= 0.3 is 31.1 Å². The Morgan fingerprint density at radius 2 is 0.600 bits per heavy atom. The van der Waals surface area contributed by atoms with Gasteiger partial charge in [0.2, 0.25) is 0 Å². The zero-order valence-electron chi connectivity index (χ0n) is 6.49. The minimum absolute atomic E-state index is 3.88. The van der Waals surface area contributed by atoms with Crippen LogP contribution in [0.5, 0.6) is 0 Å². The molecule has 0 aliphatic heterocycles. The molecule has 7 N–H and O–H groups in total. The Hall–Kier alpha value is -0.390. The molecule has 0 rings (SSSR count). The van der Waals surface area contributed by atoms with Gasteiger partial charge in [0.05, 0.1) is 0 Å². The molecule has 0 aromatic rings. The van der Waals surface area contributed by atoms with Gasteiger partial charge in [-0.2, -0.15) is 25.3 Å². The molecular formula is H7NO11S3. The Bertz CT molecular complexity index is 337. The summed E-state index contributed by atoms with van der Waals surface area (Å²) in [6.45, 7) is 0. The van der Waals surface area contributed by atoms with Crippen molar-refractivity contribution in [1.82, 2.24) is 0 Å². The Labute approximate surface area is 84.8 Å². The van der Waals surface area contributed by atoms with Crippen LogP contribution in [-0.4, -0.2) is 48.0 Å². The SMILES string of the molecule is NS(=O)(=O)O.O=S(=O)(O)O.O=S(=O)(O)O. The maximum absolute atomic E-state index is 8.97. The lowest BCUT2D eigenvalue weighted by atomic mass is 13.9. The Kier molecular flexibility index (Phi) is 9.34. The van der Waals surface area contributed by atoms with Gasteiger partial charge in [-0.25, -0.2) is 5.14 Å². The van der Waals surface area contributed by atoms with E-state index in [0.29, 0.717) is 0 Å². The first kappa shape index (κ1) is 20.1. The molecule has 12 nitrogen and oxygen atoms in total. The number of hydrogen-bond acceptors (Lipinski definition) is 6. The molecule has 0 aliphatic rings. The second kappa shape index (κ2) is 6.98. The maximum atomic E-state index is 8.97. The quantitative estimate of drug-likeness (QED) is 0.254. The molecule has 0 bridgehead atoms. The molecule has 0 spiro atoms. The van der Waals surface area contributed by atoms with E-state index in [2.05, 4.69) is 5.14 Å². The van der Waals surface area contributed by atoms with E-state index in [4.69, 9.17) is 48.0 Å². The van der Waals surface area contributed by atoms with Crippen molar-refractivity contribution in [2.45, 2.75) is 0 Å². The lowest BCUT2D eigenvalue weighted by molar-refractivity contribution is 0.378. The van der Waals surface area contributed by atoms with Crippen LogP contribution in [-0.2, 0) is 31.1 Å². The normalized spacial score (nSPS) is 11.6. The summed E-state index contributed by atoms with van der Waals surface area (Å²) in [5.74, 6) is 0. The van der Waals surface area contributed by atoms with Crippen LogP contribution in [0, 0.1) is 0 Å². The van der Waals surface area contributed by atoms with Gasteiger partial charge in [-0.3, -0.25) is 22.8 Å². The maximum Gasteiger partial charge on any atom is 0.394 e. The van der Waals surface area contributed by atoms with Crippen LogP contribution >= 0.6 is 0 Å². The van der Waals surface area contributed by atoms with Crippen LogP contribution < -0.4 is 5.14 Å². The predicted octanol–water partition coefficient (Wildman–Crippen LogP) is -2.56. The number of rotatable bonds is 0. The fourth-order valence-corrected chi connectivity index (χ4v) is 0. The summed E-state index contributed by atoms with van der Waals surface area (Å²) in [5, 5.41) is 3.88. The van der Waals surface area contributed by atoms with Gasteiger partial charge in [-0.1, -0.05) is 0 Å². The number of hydrogen-bond donors (Lipinski definition) is 6. The summed E-state index contributed by atoms with van der Waals surface area (Å²) < 4.78 is 88.4. The molecule has 0 heterocycles. The smallest absolute Gasteiger partial charge is 0.274 e. The van der Waals surface area contributed by atoms with Gasteiger partial charge in [0.1, 0.15) is 0 Å². The highest BCUT2D eigenvalue weighted by molar-refractivity contribution is 7.83. The van der Waals surface area contributed by atoms with Gasteiger partial charge in [0, 0.05) is 0 Å². The van der Waals surface area contributed by atoms with Crippen molar-refractivity contribution in [1.29, 1.82) is 0 Å². The van der Waals surface area contributed by atoms with Gasteiger partial charge in [0.15, 0.2) is 0 Å². The van der Waals surface area contributed by atoms with E-state index in [1.165, 1.54) is 0 Å². The van der Waals surface area contributed by atoms with Crippen LogP contribution in [0.25, 0.3) is 0 Å². The first-order valence-corrected chi connectivity index (χ1v) is 6.45. The topological polar surface area (TPSA) is 230 Å². The third-order valence-electron chi connectivity index (χ3n) is 0. The average Bonchev–Trinajstić information content (AvgIpc) is 1.41. The second-order valence-corrected chi connectivity index (χ2v) is 4.23. The molecule has 96 valence electrons. The summed E-state index contributed by atoms with van der Waals surface area (Å²) in [5.41, 5.74) is 0. The molecule has 0 amide bonds. The summed E-state index contributed by atoms with van der Waals surface area (Å²) in [6, 6.07) is 0. The molecule has 0 aromatic heterocycles. The lowest BCUT2D eigenvalue weighted by Crippen LogP contribution is -2.08. The zero-order valence-corrected chi connectivity index (χ0v) is 8.94. The third kappa shape index (κ3) is 12100. The van der Waals surface area contributed by atoms with Crippen molar-refractivity contribution in [2.75, 3.05) is 0 Å². The van der Waals surface area contributed by atoms with Crippen LogP contribution in [0.4, 0.5) is 0 Å². The molecule has 0 atom stereocenters. The molecule has 0 fully saturated rings. The zero-order chi connectivity index (χ0) is 13.5. The summed E-state index contributed by atoms with van der Waals surface area (Å²) in [7, 11) is -13.5. The van der Waals surface area contributed by atoms with Crippen molar-refractivity contribution >= 4 is 31.1 Å². The van der Waals surface area contributed by atoms with Crippen molar-refractivity contribution in [2.24, 2.45) is 5.14 Å². The first-order valence-electron chi connectivity index (χ1n) is 2.15. The standard InChI is InChI=1S/H3NO3S.2H2O4S/c3*1-5(2,3)4/h(H3,1,2,3,4);2*(H2,1,2,3,4). The molecule has 15 heavy (non-hydrogen) atoms. The minimum Gasteiger partial charge on any atom is -0.274 e. The van der Waals surface area contributed by atoms with E-state index < -0.39 is 31.1 Å². The molecule has 0 saturated carbocycles. The largest absolute Gasteiger partial charge is 0.394 e. The van der Waals surface area contributed by atoms with E-state index in [1.807, 2.05) is 0 Å². The van der Waals surface area contributed by atoms with Gasteiger partial charge in [-0.05, 0) is 0 Å². The van der Waals surface area contributed by atoms with Crippen LogP contribution in [0.15, 0.2) is 0 Å². The van der Waals surface area contributed by atoms with E-state index in [1.54, 1.807) is 0 Å². The van der Waals surface area contributed by atoms with Crippen molar-refractivity contribution in [3.63, 3.8) is 0 Å². The Morgan fingerprint density at radius 1 is 0.600 bits per heavy atom. The van der Waals surface area contributed by atoms with E-state index in [9.17, 15) is 0 Å². The van der Waals surface area contributed by atoms with Gasteiger partial charge in [-0.15, -0.1) is 0 Å². The number of nitrogens with two attached hydrogens (primary N) is 1. The van der Waals surface area contributed by atoms with Crippen LogP contribution in [0.1, 0.15) is 0 Å². The minimum atomic E-state index is -4.67. The van der Waals surface area contributed by atoms with Gasteiger partial charge in [0.25, 0.3) is 0 Å². The van der Waals surface area contributed by atoms with Gasteiger partial charge < -0.3 is 0 Å². The van der Waals surface area contributed by atoms with E-state index in [0.717, 1.165) is 0 Å². The Morgan fingerprint density at radius 3 is 0.600 bits per heavy atom. The second-order valence-electron chi connectivity index (χ2n) is 1.41. The molecule has 0 aliphatic carbocycles.